The highest BCUT2D eigenvalue weighted by atomic mass is 79.9. The van der Waals surface area contributed by atoms with E-state index in [2.05, 4.69) is 68.3 Å². The van der Waals surface area contributed by atoms with E-state index in [0.29, 0.717) is 0 Å². The Labute approximate surface area is 115 Å². The van der Waals surface area contributed by atoms with E-state index >= 15 is 0 Å². The van der Waals surface area contributed by atoms with Gasteiger partial charge in [0, 0.05) is 15.5 Å². The Morgan fingerprint density at radius 3 is 2.69 bits per heavy atom. The van der Waals surface area contributed by atoms with Gasteiger partial charge in [-0.15, -0.1) is 0 Å². The van der Waals surface area contributed by atoms with Crippen molar-refractivity contribution in [1.82, 2.24) is 10.2 Å². The van der Waals surface area contributed by atoms with Gasteiger partial charge in [0.05, 0.1) is 0 Å². The average molecular weight is 350 g/mol. The first-order valence-corrected chi connectivity index (χ1v) is 6.97. The highest BCUT2D eigenvalue weighted by Gasteiger charge is 2.00. The lowest BCUT2D eigenvalue weighted by molar-refractivity contribution is 0.394. The van der Waals surface area contributed by atoms with Gasteiger partial charge in [0.15, 0.2) is 0 Å². The van der Waals surface area contributed by atoms with Crippen LogP contribution in [0.25, 0.3) is 0 Å². The molecule has 0 aromatic heterocycles. The molecule has 0 radical (unpaired) electrons. The summed E-state index contributed by atoms with van der Waals surface area (Å²) in [6.07, 6.45) is 1.18. The number of nitrogens with zero attached hydrogens (tertiary/aromatic N) is 1. The number of rotatable bonds is 6. The molecule has 1 N–H and O–H groups in total. The van der Waals surface area contributed by atoms with Gasteiger partial charge >= 0.3 is 0 Å². The Kier molecular flexibility index (Phi) is 6.58. The molecule has 1 aromatic rings. The lowest BCUT2D eigenvalue weighted by Crippen LogP contribution is -2.21. The molecule has 2 nitrogen and oxygen atoms in total. The molecule has 1 rings (SSSR count). The van der Waals surface area contributed by atoms with Crippen LogP contribution in [0.15, 0.2) is 27.1 Å². The minimum absolute atomic E-state index is 0.910. The highest BCUT2D eigenvalue weighted by molar-refractivity contribution is 9.11. The first-order valence-electron chi connectivity index (χ1n) is 5.39. The minimum atomic E-state index is 0.910. The second-order valence-electron chi connectivity index (χ2n) is 4.07. The zero-order chi connectivity index (χ0) is 12.0. The molecule has 0 amide bonds. The summed E-state index contributed by atoms with van der Waals surface area (Å²) in [4.78, 5) is 2.21. The molecule has 0 bridgehead atoms. The van der Waals surface area contributed by atoms with E-state index in [1.54, 1.807) is 0 Å². The fourth-order valence-corrected chi connectivity index (χ4v) is 2.22. The fourth-order valence-electron chi connectivity index (χ4n) is 1.42. The van der Waals surface area contributed by atoms with Gasteiger partial charge in [-0.1, -0.05) is 31.9 Å². The molecule has 0 saturated carbocycles. The third-order valence-corrected chi connectivity index (χ3v) is 3.55. The SMILES string of the molecule is CN(C)CCCNCc1cc(Br)ccc1Br. The molecular weight excluding hydrogens is 332 g/mol. The molecule has 0 fully saturated rings. The largest absolute Gasteiger partial charge is 0.313 e. The molecular formula is C12H18Br2N2. The Balaban J connectivity index is 2.29. The molecule has 0 aliphatic heterocycles. The third-order valence-electron chi connectivity index (χ3n) is 2.28. The second-order valence-corrected chi connectivity index (χ2v) is 5.84. The summed E-state index contributed by atoms with van der Waals surface area (Å²) in [5, 5.41) is 3.45. The van der Waals surface area contributed by atoms with Gasteiger partial charge in [0.1, 0.15) is 0 Å². The van der Waals surface area contributed by atoms with E-state index in [4.69, 9.17) is 0 Å². The van der Waals surface area contributed by atoms with Gasteiger partial charge in [0.25, 0.3) is 0 Å². The van der Waals surface area contributed by atoms with Crippen LogP contribution in [0.3, 0.4) is 0 Å². The Hall–Kier alpha value is 0.1000. The number of hydrogen-bond donors (Lipinski definition) is 1. The predicted molar refractivity (Wildman–Crippen MR) is 76.7 cm³/mol. The number of benzene rings is 1. The summed E-state index contributed by atoms with van der Waals surface area (Å²) in [5.74, 6) is 0. The lowest BCUT2D eigenvalue weighted by atomic mass is 10.2. The van der Waals surface area contributed by atoms with E-state index in [1.165, 1.54) is 12.0 Å². The maximum atomic E-state index is 3.55. The standard InChI is InChI=1S/C12H18Br2N2/c1-16(2)7-3-6-15-9-10-8-11(13)4-5-12(10)14/h4-5,8,15H,3,6-7,9H2,1-2H3. The third kappa shape index (κ3) is 5.43. The van der Waals surface area contributed by atoms with Crippen LogP contribution in [0.4, 0.5) is 0 Å². The maximum Gasteiger partial charge on any atom is 0.0221 e. The lowest BCUT2D eigenvalue weighted by Gasteiger charge is -2.10. The molecule has 0 heterocycles. The van der Waals surface area contributed by atoms with Crippen molar-refractivity contribution >= 4 is 31.9 Å². The van der Waals surface area contributed by atoms with E-state index in [-0.39, 0.29) is 0 Å². The molecule has 0 aliphatic rings. The van der Waals surface area contributed by atoms with Crippen molar-refractivity contribution in [2.45, 2.75) is 13.0 Å². The Morgan fingerprint density at radius 2 is 2.00 bits per heavy atom. The van der Waals surface area contributed by atoms with Crippen molar-refractivity contribution in [2.75, 3.05) is 27.2 Å². The highest BCUT2D eigenvalue weighted by Crippen LogP contribution is 2.21. The van der Waals surface area contributed by atoms with Gasteiger partial charge < -0.3 is 10.2 Å². The van der Waals surface area contributed by atoms with Crippen molar-refractivity contribution in [2.24, 2.45) is 0 Å². The van der Waals surface area contributed by atoms with Crippen LogP contribution in [0.2, 0.25) is 0 Å². The monoisotopic (exact) mass is 348 g/mol. The first-order chi connectivity index (χ1) is 7.59. The summed E-state index contributed by atoms with van der Waals surface area (Å²) >= 11 is 7.04. The zero-order valence-corrected chi connectivity index (χ0v) is 12.9. The van der Waals surface area contributed by atoms with Crippen molar-refractivity contribution in [3.05, 3.63) is 32.7 Å². The Bertz CT molecular complexity index is 327. The summed E-state index contributed by atoms with van der Waals surface area (Å²) in [5.41, 5.74) is 1.29. The van der Waals surface area contributed by atoms with Crippen LogP contribution in [0, 0.1) is 0 Å². The topological polar surface area (TPSA) is 15.3 Å². The average Bonchev–Trinajstić information content (AvgIpc) is 2.22. The molecule has 0 aliphatic carbocycles. The molecule has 0 atom stereocenters. The normalized spacial score (nSPS) is 11.1. The molecule has 1 aromatic carbocycles. The Morgan fingerprint density at radius 1 is 1.25 bits per heavy atom. The summed E-state index contributed by atoms with van der Waals surface area (Å²) < 4.78 is 2.29. The van der Waals surface area contributed by atoms with Crippen molar-refractivity contribution in [3.8, 4) is 0 Å². The van der Waals surface area contributed by atoms with E-state index in [1.807, 2.05) is 6.07 Å². The van der Waals surface area contributed by atoms with Crippen LogP contribution in [0.1, 0.15) is 12.0 Å². The number of hydrogen-bond acceptors (Lipinski definition) is 2. The van der Waals surface area contributed by atoms with Crippen LogP contribution in [0.5, 0.6) is 0 Å². The summed E-state index contributed by atoms with van der Waals surface area (Å²) in [6.45, 7) is 3.09. The van der Waals surface area contributed by atoms with E-state index in [9.17, 15) is 0 Å². The van der Waals surface area contributed by atoms with Gasteiger partial charge in [-0.05, 0) is 57.4 Å². The van der Waals surface area contributed by atoms with Crippen LogP contribution >= 0.6 is 31.9 Å². The summed E-state index contributed by atoms with van der Waals surface area (Å²) in [7, 11) is 4.20. The van der Waals surface area contributed by atoms with Crippen molar-refractivity contribution in [3.63, 3.8) is 0 Å². The van der Waals surface area contributed by atoms with E-state index in [0.717, 1.165) is 28.6 Å². The zero-order valence-electron chi connectivity index (χ0n) is 9.76. The smallest absolute Gasteiger partial charge is 0.0221 e. The summed E-state index contributed by atoms with van der Waals surface area (Å²) in [6, 6.07) is 6.25. The number of halogens is 2. The minimum Gasteiger partial charge on any atom is -0.313 e. The van der Waals surface area contributed by atoms with Crippen LogP contribution in [-0.4, -0.2) is 32.1 Å². The molecule has 0 unspecified atom stereocenters. The molecule has 16 heavy (non-hydrogen) atoms. The molecule has 0 spiro atoms. The number of nitrogens with one attached hydrogen (secondary N) is 1. The van der Waals surface area contributed by atoms with Gasteiger partial charge in [-0.3, -0.25) is 0 Å². The first kappa shape index (κ1) is 14.2. The van der Waals surface area contributed by atoms with Crippen molar-refractivity contribution in [1.29, 1.82) is 0 Å². The second kappa shape index (κ2) is 7.43. The molecule has 4 heteroatoms. The van der Waals surface area contributed by atoms with Gasteiger partial charge in [-0.2, -0.15) is 0 Å². The predicted octanol–water partition coefficient (Wildman–Crippen LogP) is 3.25. The van der Waals surface area contributed by atoms with E-state index < -0.39 is 0 Å². The van der Waals surface area contributed by atoms with Crippen LogP contribution in [-0.2, 0) is 6.54 Å². The van der Waals surface area contributed by atoms with Gasteiger partial charge in [0.2, 0.25) is 0 Å². The maximum absolute atomic E-state index is 3.55. The quantitative estimate of drug-likeness (QED) is 0.793. The molecule has 90 valence electrons. The molecule has 0 saturated heterocycles. The van der Waals surface area contributed by atoms with Crippen molar-refractivity contribution < 1.29 is 0 Å². The van der Waals surface area contributed by atoms with Crippen LogP contribution < -0.4 is 5.32 Å². The fraction of sp³-hybridized carbons (Fsp3) is 0.500. The van der Waals surface area contributed by atoms with Gasteiger partial charge in [-0.25, -0.2) is 0 Å².